The average molecular weight is 281 g/mol. The first-order valence-corrected chi connectivity index (χ1v) is 6.73. The van der Waals surface area contributed by atoms with Crippen molar-refractivity contribution in [2.75, 3.05) is 27.4 Å². The highest BCUT2D eigenvalue weighted by Gasteiger charge is 2.17. The number of likely N-dealkylation sites (N-methyl/N-ethyl adjacent to an activating group) is 1. The molecule has 112 valence electrons. The SMILES string of the molecule is CCNC(CCOc1cccc(COC)c1)C(=O)OC. The van der Waals surface area contributed by atoms with E-state index in [1.807, 2.05) is 31.2 Å². The molecule has 0 radical (unpaired) electrons. The molecule has 0 aliphatic carbocycles. The fraction of sp³-hybridized carbons (Fsp3) is 0.533. The standard InChI is InChI=1S/C15H23NO4/c1-4-16-14(15(17)19-3)8-9-20-13-7-5-6-12(10-13)11-18-2/h5-7,10,14,16H,4,8-9,11H2,1-3H3. The molecule has 0 aromatic heterocycles. The number of methoxy groups -OCH3 is 2. The Hall–Kier alpha value is -1.59. The summed E-state index contributed by atoms with van der Waals surface area (Å²) in [6.45, 7) is 3.66. The molecule has 1 atom stereocenters. The van der Waals surface area contributed by atoms with Gasteiger partial charge in [0.15, 0.2) is 0 Å². The van der Waals surface area contributed by atoms with Crippen molar-refractivity contribution in [1.29, 1.82) is 0 Å². The molecule has 0 saturated carbocycles. The van der Waals surface area contributed by atoms with E-state index in [1.54, 1.807) is 7.11 Å². The summed E-state index contributed by atoms with van der Waals surface area (Å²) in [6.07, 6.45) is 0.565. The Labute approximate surface area is 120 Å². The molecule has 0 heterocycles. The summed E-state index contributed by atoms with van der Waals surface area (Å²) < 4.78 is 15.5. The van der Waals surface area contributed by atoms with Crippen LogP contribution >= 0.6 is 0 Å². The second-order valence-corrected chi connectivity index (χ2v) is 4.35. The molecule has 1 N–H and O–H groups in total. The normalized spacial score (nSPS) is 11.9. The Morgan fingerprint density at radius 1 is 1.35 bits per heavy atom. The van der Waals surface area contributed by atoms with Crippen molar-refractivity contribution < 1.29 is 19.0 Å². The van der Waals surface area contributed by atoms with Crippen molar-refractivity contribution in [3.63, 3.8) is 0 Å². The van der Waals surface area contributed by atoms with Gasteiger partial charge in [-0.25, -0.2) is 0 Å². The van der Waals surface area contributed by atoms with Gasteiger partial charge in [-0.2, -0.15) is 0 Å². The first-order chi connectivity index (χ1) is 9.71. The number of carbonyl (C=O) groups is 1. The lowest BCUT2D eigenvalue weighted by Crippen LogP contribution is -2.38. The molecule has 0 bridgehead atoms. The van der Waals surface area contributed by atoms with Crippen LogP contribution < -0.4 is 10.1 Å². The van der Waals surface area contributed by atoms with Crippen LogP contribution in [-0.2, 0) is 20.9 Å². The van der Waals surface area contributed by atoms with E-state index in [4.69, 9.17) is 14.2 Å². The maximum Gasteiger partial charge on any atom is 0.322 e. The predicted octanol–water partition coefficient (Wildman–Crippen LogP) is 1.75. The fourth-order valence-electron chi connectivity index (χ4n) is 1.88. The van der Waals surface area contributed by atoms with Gasteiger partial charge < -0.3 is 19.5 Å². The van der Waals surface area contributed by atoms with E-state index in [-0.39, 0.29) is 12.0 Å². The first-order valence-electron chi connectivity index (χ1n) is 6.73. The van der Waals surface area contributed by atoms with E-state index in [9.17, 15) is 4.79 Å². The van der Waals surface area contributed by atoms with Crippen LogP contribution in [0.4, 0.5) is 0 Å². The second-order valence-electron chi connectivity index (χ2n) is 4.35. The molecule has 0 aliphatic heterocycles. The third-order valence-electron chi connectivity index (χ3n) is 2.82. The maximum absolute atomic E-state index is 11.5. The number of esters is 1. The Bertz CT molecular complexity index is 409. The van der Waals surface area contributed by atoms with Crippen LogP contribution in [0.3, 0.4) is 0 Å². The number of hydrogen-bond acceptors (Lipinski definition) is 5. The van der Waals surface area contributed by atoms with E-state index < -0.39 is 0 Å². The van der Waals surface area contributed by atoms with Gasteiger partial charge in [-0.05, 0) is 24.2 Å². The summed E-state index contributed by atoms with van der Waals surface area (Å²) >= 11 is 0. The highest BCUT2D eigenvalue weighted by Crippen LogP contribution is 2.14. The Morgan fingerprint density at radius 3 is 2.80 bits per heavy atom. The van der Waals surface area contributed by atoms with Gasteiger partial charge in [0.2, 0.25) is 0 Å². The maximum atomic E-state index is 11.5. The van der Waals surface area contributed by atoms with E-state index in [1.165, 1.54) is 7.11 Å². The lowest BCUT2D eigenvalue weighted by molar-refractivity contribution is -0.143. The van der Waals surface area contributed by atoms with Gasteiger partial charge in [0.1, 0.15) is 11.8 Å². The molecule has 20 heavy (non-hydrogen) atoms. The van der Waals surface area contributed by atoms with Crippen molar-refractivity contribution in [2.45, 2.75) is 26.0 Å². The van der Waals surface area contributed by atoms with E-state index in [0.29, 0.717) is 26.2 Å². The summed E-state index contributed by atoms with van der Waals surface area (Å²) in [5, 5.41) is 3.08. The number of rotatable bonds is 9. The summed E-state index contributed by atoms with van der Waals surface area (Å²) in [5.41, 5.74) is 1.06. The lowest BCUT2D eigenvalue weighted by atomic mass is 10.2. The number of carbonyl (C=O) groups excluding carboxylic acids is 1. The Kier molecular flexibility index (Phi) is 7.69. The van der Waals surface area contributed by atoms with Crippen LogP contribution in [0.5, 0.6) is 5.75 Å². The quantitative estimate of drug-likeness (QED) is 0.699. The minimum absolute atomic E-state index is 0.261. The molecular weight excluding hydrogens is 258 g/mol. The van der Waals surface area contributed by atoms with Gasteiger partial charge in [0.05, 0.1) is 20.3 Å². The number of nitrogens with one attached hydrogen (secondary N) is 1. The van der Waals surface area contributed by atoms with Gasteiger partial charge in [0.25, 0.3) is 0 Å². The number of hydrogen-bond donors (Lipinski definition) is 1. The molecule has 0 fully saturated rings. The fourth-order valence-corrected chi connectivity index (χ4v) is 1.88. The minimum atomic E-state index is -0.327. The van der Waals surface area contributed by atoms with Crippen molar-refractivity contribution in [1.82, 2.24) is 5.32 Å². The van der Waals surface area contributed by atoms with E-state index >= 15 is 0 Å². The zero-order valence-electron chi connectivity index (χ0n) is 12.3. The highest BCUT2D eigenvalue weighted by atomic mass is 16.5. The van der Waals surface area contributed by atoms with Crippen LogP contribution in [0.15, 0.2) is 24.3 Å². The summed E-state index contributed by atoms with van der Waals surface area (Å²) in [6, 6.07) is 7.40. The highest BCUT2D eigenvalue weighted by molar-refractivity contribution is 5.75. The first kappa shape index (κ1) is 16.5. The smallest absolute Gasteiger partial charge is 0.322 e. The summed E-state index contributed by atoms with van der Waals surface area (Å²) in [4.78, 5) is 11.5. The zero-order valence-corrected chi connectivity index (χ0v) is 12.3. The van der Waals surface area contributed by atoms with Gasteiger partial charge in [0, 0.05) is 13.5 Å². The van der Waals surface area contributed by atoms with Crippen LogP contribution in [0, 0.1) is 0 Å². The summed E-state index contributed by atoms with van der Waals surface area (Å²) in [5.74, 6) is 0.517. The molecule has 0 aliphatic rings. The van der Waals surface area contributed by atoms with Crippen molar-refractivity contribution in [2.24, 2.45) is 0 Å². The molecule has 1 unspecified atom stereocenters. The van der Waals surface area contributed by atoms with Gasteiger partial charge in [-0.1, -0.05) is 19.1 Å². The summed E-state index contributed by atoms with van der Waals surface area (Å²) in [7, 11) is 3.05. The molecule has 0 saturated heterocycles. The van der Waals surface area contributed by atoms with Gasteiger partial charge in [-0.15, -0.1) is 0 Å². The predicted molar refractivity (Wildman–Crippen MR) is 76.7 cm³/mol. The molecule has 1 aromatic rings. The largest absolute Gasteiger partial charge is 0.494 e. The molecule has 5 heteroatoms. The van der Waals surface area contributed by atoms with E-state index in [2.05, 4.69) is 5.32 Å². The van der Waals surface area contributed by atoms with Crippen molar-refractivity contribution in [3.8, 4) is 5.75 Å². The minimum Gasteiger partial charge on any atom is -0.494 e. The van der Waals surface area contributed by atoms with Gasteiger partial charge >= 0.3 is 5.97 Å². The second kappa shape index (κ2) is 9.34. The molecular formula is C15H23NO4. The van der Waals surface area contributed by atoms with Crippen LogP contribution in [0.25, 0.3) is 0 Å². The Balaban J connectivity index is 2.45. The third-order valence-corrected chi connectivity index (χ3v) is 2.82. The monoisotopic (exact) mass is 281 g/mol. The molecule has 1 aromatic carbocycles. The number of ether oxygens (including phenoxy) is 3. The van der Waals surface area contributed by atoms with Crippen LogP contribution in [-0.4, -0.2) is 39.4 Å². The molecule has 5 nitrogen and oxygen atoms in total. The van der Waals surface area contributed by atoms with Crippen molar-refractivity contribution >= 4 is 5.97 Å². The van der Waals surface area contributed by atoms with Crippen molar-refractivity contribution in [3.05, 3.63) is 29.8 Å². The Morgan fingerprint density at radius 2 is 2.15 bits per heavy atom. The lowest BCUT2D eigenvalue weighted by Gasteiger charge is -2.15. The third kappa shape index (κ3) is 5.59. The topological polar surface area (TPSA) is 56.8 Å². The van der Waals surface area contributed by atoms with E-state index in [0.717, 1.165) is 11.3 Å². The zero-order chi connectivity index (χ0) is 14.8. The van der Waals surface area contributed by atoms with Crippen LogP contribution in [0.2, 0.25) is 0 Å². The molecule has 0 spiro atoms. The van der Waals surface area contributed by atoms with Gasteiger partial charge in [-0.3, -0.25) is 4.79 Å². The van der Waals surface area contributed by atoms with Crippen LogP contribution in [0.1, 0.15) is 18.9 Å². The average Bonchev–Trinajstić information content (AvgIpc) is 2.46. The molecule has 1 rings (SSSR count). The molecule has 0 amide bonds. The number of benzene rings is 1.